The number of carbonyl (C=O) groups excluding carboxylic acids is 2. The van der Waals surface area contributed by atoms with Gasteiger partial charge < -0.3 is 4.74 Å². The van der Waals surface area contributed by atoms with Crippen molar-refractivity contribution < 1.29 is 18.7 Å². The molecule has 0 fully saturated rings. The highest BCUT2D eigenvalue weighted by Crippen LogP contribution is 2.15. The van der Waals surface area contributed by atoms with E-state index in [9.17, 15) is 14.0 Å². The van der Waals surface area contributed by atoms with Crippen LogP contribution < -0.4 is 16.0 Å². The second-order valence-corrected chi connectivity index (χ2v) is 3.00. The maximum Gasteiger partial charge on any atom is 0.237 e. The zero-order chi connectivity index (χ0) is 12.0. The summed E-state index contributed by atoms with van der Waals surface area (Å²) in [6.45, 7) is 0.0603. The van der Waals surface area contributed by atoms with Crippen LogP contribution in [-0.2, 0) is 4.79 Å². The highest BCUT2D eigenvalue weighted by atomic mass is 19.1. The molecule has 0 aromatic heterocycles. The summed E-state index contributed by atoms with van der Waals surface area (Å²) in [5.74, 6) is 4.11. The van der Waals surface area contributed by atoms with Gasteiger partial charge in [-0.2, -0.15) is 0 Å². The van der Waals surface area contributed by atoms with Gasteiger partial charge in [0.15, 0.2) is 0 Å². The lowest BCUT2D eigenvalue weighted by atomic mass is 10.2. The molecule has 0 bridgehead atoms. The van der Waals surface area contributed by atoms with E-state index in [-0.39, 0.29) is 30.2 Å². The number of hydrogen-bond acceptors (Lipinski definition) is 4. The minimum Gasteiger partial charge on any atom is -0.493 e. The van der Waals surface area contributed by atoms with Crippen molar-refractivity contribution >= 4 is 12.2 Å². The molecule has 1 amide bonds. The van der Waals surface area contributed by atoms with Crippen molar-refractivity contribution in [2.24, 2.45) is 5.84 Å². The number of hydrazine groups is 1. The number of aldehydes is 1. The zero-order valence-electron chi connectivity index (χ0n) is 8.40. The predicted octanol–water partition coefficient (Wildman–Crippen LogP) is 0.397. The summed E-state index contributed by atoms with van der Waals surface area (Å²) in [5.41, 5.74) is 2.11. The Balaban J connectivity index is 2.56. The molecule has 0 aliphatic carbocycles. The van der Waals surface area contributed by atoms with Crippen LogP contribution in [-0.4, -0.2) is 18.8 Å². The minimum atomic E-state index is -0.567. The molecule has 0 saturated heterocycles. The van der Waals surface area contributed by atoms with Gasteiger partial charge in [0.05, 0.1) is 13.0 Å². The van der Waals surface area contributed by atoms with Crippen molar-refractivity contribution in [2.45, 2.75) is 6.42 Å². The fourth-order valence-corrected chi connectivity index (χ4v) is 1.07. The molecule has 1 aromatic rings. The van der Waals surface area contributed by atoms with Crippen LogP contribution in [0.1, 0.15) is 16.8 Å². The van der Waals surface area contributed by atoms with Gasteiger partial charge in [-0.3, -0.25) is 15.0 Å². The Morgan fingerprint density at radius 3 is 2.88 bits per heavy atom. The lowest BCUT2D eigenvalue weighted by molar-refractivity contribution is -0.121. The Morgan fingerprint density at radius 2 is 2.25 bits per heavy atom. The average Bonchev–Trinajstić information content (AvgIpc) is 2.28. The van der Waals surface area contributed by atoms with Crippen molar-refractivity contribution in [2.75, 3.05) is 6.61 Å². The van der Waals surface area contributed by atoms with E-state index in [4.69, 9.17) is 10.6 Å². The van der Waals surface area contributed by atoms with E-state index in [0.717, 1.165) is 12.1 Å². The molecule has 0 aliphatic heterocycles. The zero-order valence-corrected chi connectivity index (χ0v) is 8.40. The van der Waals surface area contributed by atoms with E-state index in [2.05, 4.69) is 0 Å². The molecule has 0 saturated carbocycles. The molecule has 0 unspecified atom stereocenters. The highest BCUT2D eigenvalue weighted by Gasteiger charge is 2.03. The van der Waals surface area contributed by atoms with Crippen LogP contribution in [0.5, 0.6) is 5.75 Å². The maximum absolute atomic E-state index is 12.9. The van der Waals surface area contributed by atoms with E-state index < -0.39 is 5.82 Å². The van der Waals surface area contributed by atoms with E-state index in [0.29, 0.717) is 6.29 Å². The van der Waals surface area contributed by atoms with E-state index in [1.807, 2.05) is 5.43 Å². The summed E-state index contributed by atoms with van der Waals surface area (Å²) >= 11 is 0. The first-order valence-electron chi connectivity index (χ1n) is 4.53. The van der Waals surface area contributed by atoms with Gasteiger partial charge in [0.1, 0.15) is 17.9 Å². The van der Waals surface area contributed by atoms with Crippen molar-refractivity contribution in [1.82, 2.24) is 5.43 Å². The molecular weight excluding hydrogens is 215 g/mol. The fourth-order valence-electron chi connectivity index (χ4n) is 1.07. The number of benzene rings is 1. The second kappa shape index (κ2) is 5.82. The van der Waals surface area contributed by atoms with Crippen LogP contribution in [0.2, 0.25) is 0 Å². The number of nitrogens with two attached hydrogens (primary N) is 1. The summed E-state index contributed by atoms with van der Waals surface area (Å²) in [4.78, 5) is 21.2. The Bertz CT molecular complexity index is 396. The number of carbonyl (C=O) groups is 2. The van der Waals surface area contributed by atoms with E-state index in [1.54, 1.807) is 0 Å². The third-order valence-corrected chi connectivity index (χ3v) is 1.79. The lowest BCUT2D eigenvalue weighted by Gasteiger charge is -2.06. The number of nitrogens with one attached hydrogen (secondary N) is 1. The van der Waals surface area contributed by atoms with Crippen LogP contribution in [0.15, 0.2) is 18.2 Å². The molecular formula is C10H11FN2O3. The predicted molar refractivity (Wildman–Crippen MR) is 54.2 cm³/mol. The lowest BCUT2D eigenvalue weighted by Crippen LogP contribution is -2.31. The van der Waals surface area contributed by atoms with Crippen molar-refractivity contribution in [3.05, 3.63) is 29.6 Å². The van der Waals surface area contributed by atoms with Crippen molar-refractivity contribution in [3.63, 3.8) is 0 Å². The number of hydrogen-bond donors (Lipinski definition) is 2. The van der Waals surface area contributed by atoms with Gasteiger partial charge in [0.2, 0.25) is 5.91 Å². The SMILES string of the molecule is NNC(=O)CCOc1cc(F)cc(C=O)c1. The summed E-state index contributed by atoms with van der Waals surface area (Å²) in [6.07, 6.45) is 0.575. The maximum atomic E-state index is 12.9. The number of halogens is 1. The Labute approximate surface area is 91.4 Å². The molecule has 16 heavy (non-hydrogen) atoms. The molecule has 5 nitrogen and oxygen atoms in total. The Kier molecular flexibility index (Phi) is 4.41. The van der Waals surface area contributed by atoms with E-state index in [1.165, 1.54) is 6.07 Å². The molecule has 86 valence electrons. The van der Waals surface area contributed by atoms with Crippen molar-refractivity contribution in [1.29, 1.82) is 0 Å². The van der Waals surface area contributed by atoms with Crippen LogP contribution in [0, 0.1) is 5.82 Å². The van der Waals surface area contributed by atoms with Crippen LogP contribution >= 0.6 is 0 Å². The largest absolute Gasteiger partial charge is 0.493 e. The first kappa shape index (κ1) is 12.1. The first-order valence-corrected chi connectivity index (χ1v) is 4.53. The van der Waals surface area contributed by atoms with Gasteiger partial charge >= 0.3 is 0 Å². The molecule has 0 radical (unpaired) electrons. The second-order valence-electron chi connectivity index (χ2n) is 3.00. The monoisotopic (exact) mass is 226 g/mol. The highest BCUT2D eigenvalue weighted by molar-refractivity contribution is 5.76. The first-order chi connectivity index (χ1) is 7.65. The summed E-state index contributed by atoms with van der Waals surface area (Å²) in [7, 11) is 0. The van der Waals surface area contributed by atoms with Gasteiger partial charge in [-0.05, 0) is 12.1 Å². The standard InChI is InChI=1S/C10H11FN2O3/c11-8-3-7(6-14)4-9(5-8)16-2-1-10(15)13-12/h3-6H,1-2,12H2,(H,13,15). The molecule has 1 rings (SSSR count). The average molecular weight is 226 g/mol. The molecule has 1 aromatic carbocycles. The fraction of sp³-hybridized carbons (Fsp3) is 0.200. The summed E-state index contributed by atoms with van der Waals surface area (Å²) in [6, 6.07) is 3.61. The van der Waals surface area contributed by atoms with Gasteiger partial charge in [-0.15, -0.1) is 0 Å². The van der Waals surface area contributed by atoms with Gasteiger partial charge in [0, 0.05) is 11.6 Å². The van der Waals surface area contributed by atoms with Gasteiger partial charge in [-0.25, -0.2) is 10.2 Å². The van der Waals surface area contributed by atoms with Gasteiger partial charge in [0.25, 0.3) is 0 Å². The normalized spacial score (nSPS) is 9.62. The quantitative estimate of drug-likeness (QED) is 0.329. The van der Waals surface area contributed by atoms with Crippen LogP contribution in [0.25, 0.3) is 0 Å². The van der Waals surface area contributed by atoms with Crippen molar-refractivity contribution in [3.8, 4) is 5.75 Å². The topological polar surface area (TPSA) is 81.4 Å². The molecule has 0 atom stereocenters. The molecule has 0 spiro atoms. The molecule has 0 aliphatic rings. The number of ether oxygens (including phenoxy) is 1. The molecule has 6 heteroatoms. The van der Waals surface area contributed by atoms with Crippen LogP contribution in [0.4, 0.5) is 4.39 Å². The van der Waals surface area contributed by atoms with Crippen LogP contribution in [0.3, 0.4) is 0 Å². The summed E-state index contributed by atoms with van der Waals surface area (Å²) in [5, 5.41) is 0. The third kappa shape index (κ3) is 3.66. The minimum absolute atomic E-state index is 0.0590. The smallest absolute Gasteiger partial charge is 0.237 e. The number of rotatable bonds is 5. The Morgan fingerprint density at radius 1 is 1.50 bits per heavy atom. The Hall–Kier alpha value is -1.95. The number of amides is 1. The summed E-state index contributed by atoms with van der Waals surface area (Å²) < 4.78 is 18.0. The molecule has 0 heterocycles. The molecule has 3 N–H and O–H groups in total. The van der Waals surface area contributed by atoms with Gasteiger partial charge in [-0.1, -0.05) is 0 Å². The van der Waals surface area contributed by atoms with E-state index >= 15 is 0 Å². The third-order valence-electron chi connectivity index (χ3n) is 1.79.